The SMILES string of the molecule is CC(C)CCCC(C)[C@H]1CCC2C3CC=C4C[C@@H](OC[C@H]5CO5)CC[C@]4(C)C3CC[C@@]21C. The molecule has 1 saturated heterocycles. The monoisotopic (exact) mass is 442 g/mol. The van der Waals surface area contributed by atoms with Crippen molar-refractivity contribution in [3.63, 3.8) is 0 Å². The van der Waals surface area contributed by atoms with Crippen LogP contribution in [0.2, 0.25) is 0 Å². The molecule has 0 aromatic heterocycles. The molecule has 0 aromatic rings. The summed E-state index contributed by atoms with van der Waals surface area (Å²) in [5.74, 6) is 5.56. The summed E-state index contributed by atoms with van der Waals surface area (Å²) in [6, 6.07) is 0. The molecule has 0 N–H and O–H groups in total. The number of hydrogen-bond acceptors (Lipinski definition) is 2. The van der Waals surface area contributed by atoms with Gasteiger partial charge in [0.2, 0.25) is 0 Å². The van der Waals surface area contributed by atoms with Gasteiger partial charge in [0.1, 0.15) is 6.10 Å². The molecule has 4 unspecified atom stereocenters. The Morgan fingerprint density at radius 3 is 2.59 bits per heavy atom. The highest BCUT2D eigenvalue weighted by Gasteiger charge is 2.59. The fourth-order valence-corrected chi connectivity index (χ4v) is 9.20. The van der Waals surface area contributed by atoms with Crippen molar-refractivity contribution in [2.75, 3.05) is 13.2 Å². The number of epoxide rings is 1. The van der Waals surface area contributed by atoms with E-state index < -0.39 is 0 Å². The van der Waals surface area contributed by atoms with E-state index in [-0.39, 0.29) is 0 Å². The maximum absolute atomic E-state index is 6.24. The molecule has 0 radical (unpaired) electrons. The third-order valence-corrected chi connectivity index (χ3v) is 11.2. The molecule has 0 amide bonds. The Balaban J connectivity index is 1.25. The van der Waals surface area contributed by atoms with Crippen LogP contribution in [0, 0.1) is 46.3 Å². The van der Waals surface area contributed by atoms with Gasteiger partial charge in [0.05, 0.1) is 19.3 Å². The first kappa shape index (κ1) is 23.4. The zero-order valence-electron chi connectivity index (χ0n) is 21.7. The van der Waals surface area contributed by atoms with Crippen molar-refractivity contribution in [2.45, 2.75) is 117 Å². The fourth-order valence-electron chi connectivity index (χ4n) is 9.20. The van der Waals surface area contributed by atoms with Gasteiger partial charge in [-0.25, -0.2) is 0 Å². The van der Waals surface area contributed by atoms with Crippen LogP contribution in [0.25, 0.3) is 0 Å². The van der Waals surface area contributed by atoms with Gasteiger partial charge in [-0.1, -0.05) is 65.5 Å². The van der Waals surface area contributed by atoms with Crippen LogP contribution in [-0.2, 0) is 9.47 Å². The van der Waals surface area contributed by atoms with E-state index >= 15 is 0 Å². The van der Waals surface area contributed by atoms with Gasteiger partial charge in [-0.05, 0) is 97.7 Å². The Labute approximate surface area is 198 Å². The van der Waals surface area contributed by atoms with E-state index in [4.69, 9.17) is 9.47 Å². The zero-order chi connectivity index (χ0) is 22.5. The van der Waals surface area contributed by atoms with Crippen molar-refractivity contribution in [2.24, 2.45) is 46.3 Å². The quantitative estimate of drug-likeness (QED) is 0.282. The molecule has 2 nitrogen and oxygen atoms in total. The Hall–Kier alpha value is -0.340. The van der Waals surface area contributed by atoms with Gasteiger partial charge in [-0.3, -0.25) is 0 Å². The smallest absolute Gasteiger partial charge is 0.104 e. The number of ether oxygens (including phenoxy) is 2. The minimum Gasteiger partial charge on any atom is -0.375 e. The van der Waals surface area contributed by atoms with Crippen LogP contribution in [0.4, 0.5) is 0 Å². The molecular weight excluding hydrogens is 392 g/mol. The van der Waals surface area contributed by atoms with Gasteiger partial charge in [0.25, 0.3) is 0 Å². The molecular formula is C30H50O2. The first-order valence-corrected chi connectivity index (χ1v) is 14.2. The van der Waals surface area contributed by atoms with Crippen molar-refractivity contribution < 1.29 is 9.47 Å². The maximum Gasteiger partial charge on any atom is 0.104 e. The number of fused-ring (bicyclic) bond motifs is 5. The minimum atomic E-state index is 0.395. The lowest BCUT2D eigenvalue weighted by Gasteiger charge is -2.58. The van der Waals surface area contributed by atoms with Crippen LogP contribution in [-0.4, -0.2) is 25.4 Å². The largest absolute Gasteiger partial charge is 0.375 e. The summed E-state index contributed by atoms with van der Waals surface area (Å²) in [6.07, 6.45) is 18.9. The van der Waals surface area contributed by atoms with Crippen molar-refractivity contribution in [3.8, 4) is 0 Å². The predicted molar refractivity (Wildman–Crippen MR) is 133 cm³/mol. The summed E-state index contributed by atoms with van der Waals surface area (Å²) in [5.41, 5.74) is 2.80. The van der Waals surface area contributed by atoms with E-state index in [1.807, 2.05) is 0 Å². The number of hydrogen-bond donors (Lipinski definition) is 0. The topological polar surface area (TPSA) is 21.8 Å². The molecule has 0 aromatic carbocycles. The van der Waals surface area contributed by atoms with E-state index in [2.05, 4.69) is 40.7 Å². The third-order valence-electron chi connectivity index (χ3n) is 11.2. The summed E-state index contributed by atoms with van der Waals surface area (Å²) >= 11 is 0. The predicted octanol–water partition coefficient (Wildman–Crippen LogP) is 7.81. The summed E-state index contributed by atoms with van der Waals surface area (Å²) in [5, 5.41) is 0. The van der Waals surface area contributed by atoms with Crippen LogP contribution in [0.15, 0.2) is 11.6 Å². The maximum atomic E-state index is 6.24. The zero-order valence-corrected chi connectivity index (χ0v) is 21.7. The Morgan fingerprint density at radius 2 is 1.84 bits per heavy atom. The van der Waals surface area contributed by atoms with E-state index in [0.29, 0.717) is 23.0 Å². The summed E-state index contributed by atoms with van der Waals surface area (Å²) in [7, 11) is 0. The first-order valence-electron chi connectivity index (χ1n) is 14.2. The summed E-state index contributed by atoms with van der Waals surface area (Å²) in [4.78, 5) is 0. The van der Waals surface area contributed by atoms with E-state index in [9.17, 15) is 0 Å². The van der Waals surface area contributed by atoms with Crippen LogP contribution in [0.3, 0.4) is 0 Å². The van der Waals surface area contributed by atoms with E-state index in [1.165, 1.54) is 70.6 Å². The third kappa shape index (κ3) is 4.26. The van der Waals surface area contributed by atoms with Crippen LogP contribution in [0.5, 0.6) is 0 Å². The van der Waals surface area contributed by atoms with Crippen molar-refractivity contribution >= 4 is 0 Å². The standard InChI is InChI=1S/C30H50O2/c1-20(2)7-6-8-21(3)26-11-12-27-25-10-9-22-17-23(31-18-24-19-32-24)13-15-29(22,4)28(25)14-16-30(26,27)5/h9,20-21,23-28H,6-8,10-19H2,1-5H3/t21?,23-,24-,25?,26+,27?,28?,29-,30+/m0/s1. The van der Waals surface area contributed by atoms with Gasteiger partial charge in [0.15, 0.2) is 0 Å². The Bertz CT molecular complexity index is 693. The molecule has 2 heteroatoms. The Kier molecular flexibility index (Phi) is 6.60. The molecule has 4 aliphatic carbocycles. The molecule has 0 bridgehead atoms. The molecule has 182 valence electrons. The van der Waals surface area contributed by atoms with Gasteiger partial charge in [-0.2, -0.15) is 0 Å². The average molecular weight is 443 g/mol. The van der Waals surface area contributed by atoms with Crippen molar-refractivity contribution in [1.29, 1.82) is 0 Å². The highest BCUT2D eigenvalue weighted by Crippen LogP contribution is 2.67. The molecule has 5 rings (SSSR count). The van der Waals surface area contributed by atoms with Gasteiger partial charge >= 0.3 is 0 Å². The van der Waals surface area contributed by atoms with E-state index in [0.717, 1.165) is 48.7 Å². The van der Waals surface area contributed by atoms with Crippen LogP contribution in [0.1, 0.15) is 105 Å². The highest BCUT2D eigenvalue weighted by molar-refractivity contribution is 5.25. The second-order valence-electron chi connectivity index (χ2n) is 13.4. The first-order chi connectivity index (χ1) is 15.3. The molecule has 3 saturated carbocycles. The molecule has 5 aliphatic rings. The Morgan fingerprint density at radius 1 is 1.03 bits per heavy atom. The fraction of sp³-hybridized carbons (Fsp3) is 0.933. The van der Waals surface area contributed by atoms with Crippen LogP contribution < -0.4 is 0 Å². The average Bonchev–Trinajstić information content (AvgIpc) is 3.51. The lowest BCUT2D eigenvalue weighted by atomic mass is 9.47. The molecule has 1 aliphatic heterocycles. The summed E-state index contributed by atoms with van der Waals surface area (Å²) < 4.78 is 11.6. The van der Waals surface area contributed by atoms with E-state index in [1.54, 1.807) is 5.57 Å². The second-order valence-corrected chi connectivity index (χ2v) is 13.4. The lowest BCUT2D eigenvalue weighted by molar-refractivity contribution is -0.0647. The second kappa shape index (κ2) is 9.03. The minimum absolute atomic E-state index is 0.395. The molecule has 32 heavy (non-hydrogen) atoms. The number of rotatable bonds is 8. The van der Waals surface area contributed by atoms with Gasteiger partial charge < -0.3 is 9.47 Å². The molecule has 1 heterocycles. The van der Waals surface area contributed by atoms with Gasteiger partial charge in [-0.15, -0.1) is 0 Å². The summed E-state index contributed by atoms with van der Waals surface area (Å²) in [6.45, 7) is 14.4. The highest BCUT2D eigenvalue weighted by atomic mass is 16.6. The molecule has 0 spiro atoms. The van der Waals surface area contributed by atoms with Crippen LogP contribution >= 0.6 is 0 Å². The van der Waals surface area contributed by atoms with Crippen molar-refractivity contribution in [1.82, 2.24) is 0 Å². The van der Waals surface area contributed by atoms with Gasteiger partial charge in [0, 0.05) is 0 Å². The molecule has 9 atom stereocenters. The van der Waals surface area contributed by atoms with Crippen molar-refractivity contribution in [3.05, 3.63) is 11.6 Å². The molecule has 4 fully saturated rings. The normalized spacial score (nSPS) is 46.2. The number of allylic oxidation sites excluding steroid dienone is 1. The lowest BCUT2D eigenvalue weighted by Crippen LogP contribution is -2.51.